The number of nitrogens with one attached hydrogen (secondary N) is 1. The van der Waals surface area contributed by atoms with Gasteiger partial charge in [0.25, 0.3) is 5.91 Å². The Morgan fingerprint density at radius 1 is 0.903 bits per heavy atom. The monoisotopic (exact) mass is 439 g/mol. The topological polar surface area (TPSA) is 73.9 Å². The maximum absolute atomic E-state index is 12.6. The fourth-order valence-electron chi connectivity index (χ4n) is 2.91. The maximum Gasteiger partial charge on any atom is 0.341 e. The molecule has 2 aromatic carbocycles. The van der Waals surface area contributed by atoms with Crippen molar-refractivity contribution in [3.05, 3.63) is 65.0 Å². The predicted octanol–water partition coefficient (Wildman–Crippen LogP) is 5.32. The van der Waals surface area contributed by atoms with E-state index in [0.717, 1.165) is 22.4 Å². The predicted molar refractivity (Wildman–Crippen MR) is 122 cm³/mol. The summed E-state index contributed by atoms with van der Waals surface area (Å²) in [6.45, 7) is 6.30. The summed E-state index contributed by atoms with van der Waals surface area (Å²) < 4.78 is 16.2. The minimum atomic E-state index is -0.470. The van der Waals surface area contributed by atoms with Crippen molar-refractivity contribution in [1.82, 2.24) is 0 Å². The van der Waals surface area contributed by atoms with Crippen LogP contribution >= 0.6 is 11.3 Å². The van der Waals surface area contributed by atoms with Crippen molar-refractivity contribution < 1.29 is 23.8 Å². The highest BCUT2D eigenvalue weighted by molar-refractivity contribution is 7.15. The van der Waals surface area contributed by atoms with E-state index in [-0.39, 0.29) is 19.1 Å². The van der Waals surface area contributed by atoms with Gasteiger partial charge < -0.3 is 19.5 Å². The minimum absolute atomic E-state index is 0.186. The number of benzene rings is 2. The van der Waals surface area contributed by atoms with Crippen LogP contribution in [0.5, 0.6) is 11.5 Å². The van der Waals surface area contributed by atoms with Gasteiger partial charge in [0, 0.05) is 10.9 Å². The van der Waals surface area contributed by atoms with Gasteiger partial charge in [0.05, 0.1) is 13.2 Å². The van der Waals surface area contributed by atoms with Crippen molar-refractivity contribution in [2.24, 2.45) is 0 Å². The van der Waals surface area contributed by atoms with E-state index in [1.54, 1.807) is 31.2 Å². The highest BCUT2D eigenvalue weighted by Gasteiger charge is 2.23. The first-order chi connectivity index (χ1) is 15.0. The van der Waals surface area contributed by atoms with Gasteiger partial charge in [-0.2, -0.15) is 0 Å². The Labute approximate surface area is 185 Å². The van der Waals surface area contributed by atoms with E-state index in [9.17, 15) is 9.59 Å². The van der Waals surface area contributed by atoms with Crippen LogP contribution in [0.4, 0.5) is 5.00 Å². The third kappa shape index (κ3) is 5.86. The molecule has 0 unspecified atom stereocenters. The molecule has 0 aliphatic heterocycles. The standard InChI is InChI=1S/C24H25NO5S/c1-4-28-18-10-12-19(13-11-18)30-14-21(26)25-23-22(24(27)29-5-2)20(15-31-23)17-8-6-16(3)7-9-17/h6-13,15H,4-5,14H2,1-3H3,(H,25,26). The fraction of sp³-hybridized carbons (Fsp3) is 0.250. The van der Waals surface area contributed by atoms with Crippen LogP contribution in [0, 0.1) is 6.92 Å². The summed E-state index contributed by atoms with van der Waals surface area (Å²) >= 11 is 1.28. The third-order valence-corrected chi connectivity index (χ3v) is 5.29. The summed E-state index contributed by atoms with van der Waals surface area (Å²) in [5.74, 6) is 0.454. The van der Waals surface area contributed by atoms with E-state index in [1.165, 1.54) is 11.3 Å². The molecule has 0 spiro atoms. The fourth-order valence-corrected chi connectivity index (χ4v) is 3.89. The Kier molecular flexibility index (Phi) is 7.67. The third-order valence-electron chi connectivity index (χ3n) is 4.39. The van der Waals surface area contributed by atoms with Crippen LogP contribution in [-0.4, -0.2) is 31.7 Å². The summed E-state index contributed by atoms with van der Waals surface area (Å²) in [6.07, 6.45) is 0. The van der Waals surface area contributed by atoms with Crippen molar-refractivity contribution in [2.45, 2.75) is 20.8 Å². The molecule has 1 N–H and O–H groups in total. The van der Waals surface area contributed by atoms with Gasteiger partial charge in [-0.15, -0.1) is 11.3 Å². The largest absolute Gasteiger partial charge is 0.494 e. The van der Waals surface area contributed by atoms with Crippen molar-refractivity contribution in [2.75, 3.05) is 25.1 Å². The first-order valence-electron chi connectivity index (χ1n) is 10.0. The zero-order valence-electron chi connectivity index (χ0n) is 17.8. The Balaban J connectivity index is 1.73. The number of carbonyl (C=O) groups excluding carboxylic acids is 2. The number of esters is 1. The Hall–Kier alpha value is -3.32. The molecule has 31 heavy (non-hydrogen) atoms. The molecule has 0 saturated carbocycles. The second kappa shape index (κ2) is 10.6. The molecular weight excluding hydrogens is 414 g/mol. The SMILES string of the molecule is CCOC(=O)c1c(-c2ccc(C)cc2)csc1NC(=O)COc1ccc(OCC)cc1. The van der Waals surface area contributed by atoms with Gasteiger partial charge >= 0.3 is 5.97 Å². The van der Waals surface area contributed by atoms with Crippen LogP contribution in [0.2, 0.25) is 0 Å². The number of carbonyl (C=O) groups is 2. The van der Waals surface area contributed by atoms with Gasteiger partial charge in [0.2, 0.25) is 0 Å². The lowest BCUT2D eigenvalue weighted by molar-refractivity contribution is -0.118. The van der Waals surface area contributed by atoms with Crippen molar-refractivity contribution >= 4 is 28.2 Å². The van der Waals surface area contributed by atoms with Crippen LogP contribution in [0.3, 0.4) is 0 Å². The van der Waals surface area contributed by atoms with E-state index in [2.05, 4.69) is 5.32 Å². The number of amides is 1. The number of thiophene rings is 1. The molecule has 0 aliphatic carbocycles. The molecule has 0 fully saturated rings. The normalized spacial score (nSPS) is 10.4. The molecular formula is C24H25NO5S. The molecule has 3 aromatic rings. The lowest BCUT2D eigenvalue weighted by atomic mass is 10.0. The molecule has 3 rings (SSSR count). The second-order valence-electron chi connectivity index (χ2n) is 6.68. The van der Waals surface area contributed by atoms with E-state index >= 15 is 0 Å². The smallest absolute Gasteiger partial charge is 0.341 e. The summed E-state index contributed by atoms with van der Waals surface area (Å²) in [5, 5.41) is 5.07. The summed E-state index contributed by atoms with van der Waals surface area (Å²) in [6, 6.07) is 14.9. The van der Waals surface area contributed by atoms with Gasteiger partial charge in [0.1, 0.15) is 22.1 Å². The van der Waals surface area contributed by atoms with E-state index < -0.39 is 5.97 Å². The maximum atomic E-state index is 12.6. The van der Waals surface area contributed by atoms with Gasteiger partial charge in [-0.05, 0) is 50.6 Å². The number of aryl methyl sites for hydroxylation is 1. The number of ether oxygens (including phenoxy) is 3. The molecule has 0 radical (unpaired) electrons. The van der Waals surface area contributed by atoms with Crippen molar-refractivity contribution in [1.29, 1.82) is 0 Å². The first-order valence-corrected chi connectivity index (χ1v) is 10.9. The Morgan fingerprint density at radius 3 is 2.16 bits per heavy atom. The summed E-state index contributed by atoms with van der Waals surface area (Å²) in [5.41, 5.74) is 3.09. The van der Waals surface area contributed by atoms with E-state index in [4.69, 9.17) is 14.2 Å². The van der Waals surface area contributed by atoms with Gasteiger partial charge in [-0.25, -0.2) is 4.79 Å². The zero-order chi connectivity index (χ0) is 22.2. The number of hydrogen-bond donors (Lipinski definition) is 1. The average molecular weight is 440 g/mol. The van der Waals surface area contributed by atoms with Gasteiger partial charge in [0.15, 0.2) is 6.61 Å². The first kappa shape index (κ1) is 22.4. The quantitative estimate of drug-likeness (QED) is 0.457. The van der Waals surface area contributed by atoms with Crippen molar-refractivity contribution in [3.8, 4) is 22.6 Å². The molecule has 1 aromatic heterocycles. The number of rotatable bonds is 9. The second-order valence-corrected chi connectivity index (χ2v) is 7.56. The Bertz CT molecular complexity index is 1030. The average Bonchev–Trinajstić information content (AvgIpc) is 3.17. The van der Waals surface area contributed by atoms with E-state index in [1.807, 2.05) is 43.5 Å². The van der Waals surface area contributed by atoms with Crippen LogP contribution in [0.15, 0.2) is 53.9 Å². The van der Waals surface area contributed by atoms with Crippen LogP contribution in [0.25, 0.3) is 11.1 Å². The van der Waals surface area contributed by atoms with Crippen LogP contribution in [-0.2, 0) is 9.53 Å². The number of hydrogen-bond acceptors (Lipinski definition) is 6. The molecule has 0 atom stereocenters. The highest BCUT2D eigenvalue weighted by Crippen LogP contribution is 2.36. The zero-order valence-corrected chi connectivity index (χ0v) is 18.6. The van der Waals surface area contributed by atoms with E-state index in [0.29, 0.717) is 22.9 Å². The van der Waals surface area contributed by atoms with Crippen molar-refractivity contribution in [3.63, 3.8) is 0 Å². The lowest BCUT2D eigenvalue weighted by Gasteiger charge is -2.10. The minimum Gasteiger partial charge on any atom is -0.494 e. The molecule has 1 heterocycles. The van der Waals surface area contributed by atoms with Gasteiger partial charge in [-0.1, -0.05) is 29.8 Å². The molecule has 0 bridgehead atoms. The van der Waals surface area contributed by atoms with Crippen LogP contribution < -0.4 is 14.8 Å². The molecule has 0 aliphatic rings. The van der Waals surface area contributed by atoms with Gasteiger partial charge in [-0.3, -0.25) is 4.79 Å². The molecule has 0 saturated heterocycles. The summed E-state index contributed by atoms with van der Waals surface area (Å²) in [4.78, 5) is 25.1. The molecule has 162 valence electrons. The summed E-state index contributed by atoms with van der Waals surface area (Å²) in [7, 11) is 0. The molecule has 6 nitrogen and oxygen atoms in total. The molecule has 1 amide bonds. The molecule has 7 heteroatoms. The number of anilines is 1. The highest BCUT2D eigenvalue weighted by atomic mass is 32.1. The van der Waals surface area contributed by atoms with Crippen LogP contribution in [0.1, 0.15) is 29.8 Å². The lowest BCUT2D eigenvalue weighted by Crippen LogP contribution is -2.21. The Morgan fingerprint density at radius 2 is 1.55 bits per heavy atom.